The molecule has 0 saturated carbocycles. The van der Waals surface area contributed by atoms with E-state index in [9.17, 15) is 8.42 Å². The van der Waals surface area contributed by atoms with Crippen molar-refractivity contribution in [3.8, 4) is 5.75 Å². The van der Waals surface area contributed by atoms with Gasteiger partial charge in [0.1, 0.15) is 5.75 Å². The molecule has 0 radical (unpaired) electrons. The van der Waals surface area contributed by atoms with E-state index in [0.29, 0.717) is 6.42 Å². The normalized spacial score (nSPS) is 26.4. The lowest BCUT2D eigenvalue weighted by Crippen LogP contribution is -2.32. The lowest BCUT2D eigenvalue weighted by Gasteiger charge is -2.27. The Morgan fingerprint density at radius 2 is 2.10 bits per heavy atom. The van der Waals surface area contributed by atoms with Gasteiger partial charge in [-0.15, -0.1) is 11.6 Å². The zero-order valence-corrected chi connectivity index (χ0v) is 12.9. The Labute approximate surface area is 125 Å². The first kappa shape index (κ1) is 14.2. The molecule has 110 valence electrons. The summed E-state index contributed by atoms with van der Waals surface area (Å²) in [4.78, 5) is 0. The third-order valence-electron chi connectivity index (χ3n) is 4.21. The summed E-state index contributed by atoms with van der Waals surface area (Å²) in [5.41, 5.74) is 2.05. The fourth-order valence-electron chi connectivity index (χ4n) is 3.07. The van der Waals surface area contributed by atoms with Crippen LogP contribution in [0.1, 0.15) is 42.2 Å². The van der Waals surface area contributed by atoms with Crippen LogP contribution in [0.25, 0.3) is 0 Å². The van der Waals surface area contributed by atoms with E-state index in [1.54, 1.807) is 0 Å². The van der Waals surface area contributed by atoms with Gasteiger partial charge in [0.25, 0.3) is 0 Å². The molecule has 0 bridgehead atoms. The molecule has 3 rings (SSSR count). The zero-order chi connectivity index (χ0) is 14.2. The number of alkyl halides is 1. The molecule has 0 aliphatic carbocycles. The van der Waals surface area contributed by atoms with E-state index < -0.39 is 20.5 Å². The highest BCUT2D eigenvalue weighted by atomic mass is 35.5. The minimum absolute atomic E-state index is 0.273. The first-order valence-electron chi connectivity index (χ1n) is 7.19. The number of hydrogen-bond acceptors (Lipinski definition) is 3. The highest BCUT2D eigenvalue weighted by molar-refractivity contribution is 7.92. The van der Waals surface area contributed by atoms with E-state index in [2.05, 4.69) is 0 Å². The van der Waals surface area contributed by atoms with Crippen molar-refractivity contribution in [1.82, 2.24) is 0 Å². The van der Waals surface area contributed by atoms with Crippen molar-refractivity contribution in [2.45, 2.75) is 42.7 Å². The maximum absolute atomic E-state index is 12.2. The molecule has 2 unspecified atom stereocenters. The minimum Gasteiger partial charge on any atom is -0.493 e. The Hall–Kier alpha value is -0.740. The van der Waals surface area contributed by atoms with E-state index in [-0.39, 0.29) is 5.75 Å². The summed E-state index contributed by atoms with van der Waals surface area (Å²) in [7, 11) is -3.06. The van der Waals surface area contributed by atoms with E-state index >= 15 is 0 Å². The van der Waals surface area contributed by atoms with Crippen LogP contribution in [-0.2, 0) is 16.3 Å². The monoisotopic (exact) mass is 314 g/mol. The average molecular weight is 315 g/mol. The van der Waals surface area contributed by atoms with Crippen LogP contribution in [0.4, 0.5) is 0 Å². The predicted molar refractivity (Wildman–Crippen MR) is 80.3 cm³/mol. The van der Waals surface area contributed by atoms with Crippen molar-refractivity contribution in [3.63, 3.8) is 0 Å². The van der Waals surface area contributed by atoms with Gasteiger partial charge in [-0.05, 0) is 42.9 Å². The van der Waals surface area contributed by atoms with E-state index in [0.717, 1.165) is 49.2 Å². The minimum atomic E-state index is -3.06. The second-order valence-electron chi connectivity index (χ2n) is 5.62. The van der Waals surface area contributed by atoms with Gasteiger partial charge in [-0.1, -0.05) is 18.6 Å². The number of fused-ring (bicyclic) bond motifs is 1. The molecule has 0 aromatic heterocycles. The molecule has 2 heterocycles. The SMILES string of the molecule is O=S1(=O)CCCCC1C(Cl)c1ccc2c(c1)CCCO2. The topological polar surface area (TPSA) is 43.4 Å². The van der Waals surface area contributed by atoms with Gasteiger partial charge in [-0.25, -0.2) is 8.42 Å². The molecule has 2 atom stereocenters. The second kappa shape index (κ2) is 5.57. The standard InChI is InChI=1S/C15H19ClO3S/c16-15(14-5-1-2-9-20(14,17)18)12-6-7-13-11(10-12)4-3-8-19-13/h6-7,10,14-15H,1-5,8-9H2. The zero-order valence-electron chi connectivity index (χ0n) is 11.3. The number of ether oxygens (including phenoxy) is 1. The number of sulfone groups is 1. The molecule has 3 nitrogen and oxygen atoms in total. The van der Waals surface area contributed by atoms with Crippen LogP contribution in [0.3, 0.4) is 0 Å². The summed E-state index contributed by atoms with van der Waals surface area (Å²) in [6.07, 6.45) is 4.36. The Kier molecular flexibility index (Phi) is 3.95. The van der Waals surface area contributed by atoms with Crippen LogP contribution in [0.15, 0.2) is 18.2 Å². The average Bonchev–Trinajstić information content (AvgIpc) is 2.45. The molecular weight excluding hydrogens is 296 g/mol. The van der Waals surface area contributed by atoms with Gasteiger partial charge in [-0.3, -0.25) is 0 Å². The number of aryl methyl sites for hydroxylation is 1. The second-order valence-corrected chi connectivity index (χ2v) is 8.43. The highest BCUT2D eigenvalue weighted by Crippen LogP contribution is 2.37. The summed E-state index contributed by atoms with van der Waals surface area (Å²) in [6.45, 7) is 0.758. The van der Waals surface area contributed by atoms with Crippen LogP contribution in [0.2, 0.25) is 0 Å². The molecule has 0 amide bonds. The molecular formula is C15H19ClO3S. The Bertz CT molecular complexity index is 597. The van der Waals surface area contributed by atoms with Gasteiger partial charge < -0.3 is 4.74 Å². The van der Waals surface area contributed by atoms with Crippen LogP contribution >= 0.6 is 11.6 Å². The van der Waals surface area contributed by atoms with Crippen LogP contribution < -0.4 is 4.74 Å². The maximum Gasteiger partial charge on any atom is 0.154 e. The fourth-order valence-corrected chi connectivity index (χ4v) is 5.76. The number of rotatable bonds is 2. The largest absolute Gasteiger partial charge is 0.493 e. The number of halogens is 1. The van der Waals surface area contributed by atoms with Gasteiger partial charge >= 0.3 is 0 Å². The lowest BCUT2D eigenvalue weighted by molar-refractivity contribution is 0.288. The molecule has 1 aromatic carbocycles. The molecule has 1 fully saturated rings. The van der Waals surface area contributed by atoms with Crippen molar-refractivity contribution < 1.29 is 13.2 Å². The third kappa shape index (κ3) is 2.68. The van der Waals surface area contributed by atoms with Crippen molar-refractivity contribution in [2.75, 3.05) is 12.4 Å². The summed E-state index contributed by atoms with van der Waals surface area (Å²) in [5, 5.41) is -0.895. The summed E-state index contributed by atoms with van der Waals surface area (Å²) >= 11 is 6.49. The first-order chi connectivity index (χ1) is 9.58. The molecule has 1 aromatic rings. The quantitative estimate of drug-likeness (QED) is 0.787. The molecule has 5 heteroatoms. The van der Waals surface area contributed by atoms with Crippen molar-refractivity contribution in [1.29, 1.82) is 0 Å². The molecule has 0 N–H and O–H groups in total. The van der Waals surface area contributed by atoms with Gasteiger partial charge in [0.2, 0.25) is 0 Å². The van der Waals surface area contributed by atoms with Crippen molar-refractivity contribution >= 4 is 21.4 Å². The summed E-state index contributed by atoms with van der Waals surface area (Å²) in [5.74, 6) is 1.19. The van der Waals surface area contributed by atoms with E-state index in [1.807, 2.05) is 18.2 Å². The third-order valence-corrected chi connectivity index (χ3v) is 7.20. The Morgan fingerprint density at radius 3 is 2.90 bits per heavy atom. The summed E-state index contributed by atoms with van der Waals surface area (Å²) < 4.78 is 29.9. The van der Waals surface area contributed by atoms with E-state index in [4.69, 9.17) is 16.3 Å². The molecule has 0 spiro atoms. The van der Waals surface area contributed by atoms with Crippen molar-refractivity contribution in [2.24, 2.45) is 0 Å². The highest BCUT2D eigenvalue weighted by Gasteiger charge is 2.35. The van der Waals surface area contributed by atoms with Gasteiger partial charge in [0, 0.05) is 0 Å². The predicted octanol–water partition coefficient (Wildman–Crippen LogP) is 3.26. The number of benzene rings is 1. The van der Waals surface area contributed by atoms with Gasteiger partial charge in [0.15, 0.2) is 9.84 Å². The van der Waals surface area contributed by atoms with Crippen molar-refractivity contribution in [3.05, 3.63) is 29.3 Å². The fraction of sp³-hybridized carbons (Fsp3) is 0.600. The first-order valence-corrected chi connectivity index (χ1v) is 9.34. The summed E-state index contributed by atoms with van der Waals surface area (Å²) in [6, 6.07) is 5.86. The lowest BCUT2D eigenvalue weighted by atomic mass is 9.99. The Balaban J connectivity index is 1.88. The van der Waals surface area contributed by atoms with Gasteiger partial charge in [0.05, 0.1) is 23.0 Å². The van der Waals surface area contributed by atoms with Crippen LogP contribution in [0.5, 0.6) is 5.75 Å². The molecule has 2 aliphatic rings. The van der Waals surface area contributed by atoms with Gasteiger partial charge in [-0.2, -0.15) is 0 Å². The molecule has 2 aliphatic heterocycles. The molecule has 1 saturated heterocycles. The van der Waals surface area contributed by atoms with Crippen LogP contribution in [0, 0.1) is 0 Å². The number of hydrogen-bond donors (Lipinski definition) is 0. The van der Waals surface area contributed by atoms with Crippen LogP contribution in [-0.4, -0.2) is 26.0 Å². The maximum atomic E-state index is 12.2. The molecule has 20 heavy (non-hydrogen) atoms. The smallest absolute Gasteiger partial charge is 0.154 e. The Morgan fingerprint density at radius 1 is 1.25 bits per heavy atom. The van der Waals surface area contributed by atoms with E-state index in [1.165, 1.54) is 0 Å².